The highest BCUT2D eigenvalue weighted by Crippen LogP contribution is 2.29. The van der Waals surface area contributed by atoms with Gasteiger partial charge in [-0.3, -0.25) is 9.52 Å². The zero-order valence-corrected chi connectivity index (χ0v) is 19.6. The van der Waals surface area contributed by atoms with Crippen molar-refractivity contribution in [3.63, 3.8) is 0 Å². The largest absolute Gasteiger partial charge is 0.481 e. The number of thioether (sulfide) groups is 1. The molecule has 0 fully saturated rings. The molecule has 32 heavy (non-hydrogen) atoms. The molecule has 1 aromatic carbocycles. The standard InChI is InChI=1S/C19H18F2N4O4S3/c1-10(26)7-16-22-11(2)18(31-16)32(27,28)25-14-8-15(29-3)24-19(23-14)30-9-12-5-4-6-13(20)17(12)21/h4-6,8H,7,9H2,1-3H3,(H,23,24,25). The molecular formula is C19H18F2N4O4S3. The maximum atomic E-state index is 13.9. The Hall–Kier alpha value is -2.64. The predicted octanol–water partition coefficient (Wildman–Crippen LogP) is 3.75. The van der Waals surface area contributed by atoms with Crippen molar-refractivity contribution in [2.45, 2.75) is 35.4 Å². The minimum Gasteiger partial charge on any atom is -0.481 e. The van der Waals surface area contributed by atoms with E-state index in [4.69, 9.17) is 4.74 Å². The molecule has 0 unspecified atom stereocenters. The molecule has 0 aliphatic carbocycles. The van der Waals surface area contributed by atoms with E-state index in [-0.39, 0.29) is 50.3 Å². The van der Waals surface area contributed by atoms with Crippen LogP contribution in [0.5, 0.6) is 5.88 Å². The fourth-order valence-corrected chi connectivity index (χ4v) is 6.04. The number of carbonyl (C=O) groups is 1. The van der Waals surface area contributed by atoms with Crippen molar-refractivity contribution in [2.24, 2.45) is 0 Å². The number of carbonyl (C=O) groups excluding carboxylic acids is 1. The molecule has 0 saturated carbocycles. The van der Waals surface area contributed by atoms with Gasteiger partial charge in [-0.15, -0.1) is 11.3 Å². The van der Waals surface area contributed by atoms with Crippen LogP contribution in [0.25, 0.3) is 0 Å². The molecule has 170 valence electrons. The number of nitrogens with zero attached hydrogens (tertiary/aromatic N) is 3. The van der Waals surface area contributed by atoms with Crippen LogP contribution in [0, 0.1) is 18.6 Å². The number of sulfonamides is 1. The van der Waals surface area contributed by atoms with E-state index in [9.17, 15) is 22.0 Å². The lowest BCUT2D eigenvalue weighted by atomic mass is 10.2. The number of aromatic nitrogens is 3. The van der Waals surface area contributed by atoms with Crippen LogP contribution in [0.2, 0.25) is 0 Å². The molecule has 0 spiro atoms. The Balaban J connectivity index is 1.84. The van der Waals surface area contributed by atoms with E-state index in [1.807, 2.05) is 0 Å². The number of nitrogens with one attached hydrogen (secondary N) is 1. The summed E-state index contributed by atoms with van der Waals surface area (Å²) in [6.45, 7) is 2.93. The van der Waals surface area contributed by atoms with Crippen LogP contribution in [0.15, 0.2) is 33.6 Å². The Morgan fingerprint density at radius 2 is 2.00 bits per heavy atom. The van der Waals surface area contributed by atoms with Crippen LogP contribution >= 0.6 is 23.1 Å². The number of ketones is 1. The monoisotopic (exact) mass is 500 g/mol. The van der Waals surface area contributed by atoms with E-state index in [0.29, 0.717) is 5.01 Å². The second-order valence-electron chi connectivity index (χ2n) is 6.54. The summed E-state index contributed by atoms with van der Waals surface area (Å²) >= 11 is 1.88. The van der Waals surface area contributed by atoms with Crippen molar-refractivity contribution in [1.29, 1.82) is 0 Å². The number of halogens is 2. The molecule has 0 saturated heterocycles. The molecule has 8 nitrogen and oxygen atoms in total. The molecule has 3 aromatic rings. The SMILES string of the molecule is COc1cc(NS(=O)(=O)c2sc(CC(C)=O)nc2C)nc(SCc2cccc(F)c2F)n1. The lowest BCUT2D eigenvalue weighted by molar-refractivity contribution is -0.116. The van der Waals surface area contributed by atoms with Crippen molar-refractivity contribution < 1.29 is 26.7 Å². The van der Waals surface area contributed by atoms with Crippen LogP contribution < -0.4 is 9.46 Å². The molecule has 2 heterocycles. The molecule has 0 radical (unpaired) electrons. The third kappa shape index (κ3) is 5.78. The van der Waals surface area contributed by atoms with Crippen molar-refractivity contribution >= 4 is 44.7 Å². The second kappa shape index (κ2) is 9.88. The van der Waals surface area contributed by atoms with Crippen LogP contribution in [0.4, 0.5) is 14.6 Å². The number of anilines is 1. The Morgan fingerprint density at radius 1 is 1.25 bits per heavy atom. The average molecular weight is 501 g/mol. The zero-order chi connectivity index (χ0) is 23.5. The number of hydrogen-bond acceptors (Lipinski definition) is 9. The van der Waals surface area contributed by atoms with Crippen LogP contribution in [-0.4, -0.2) is 36.3 Å². The van der Waals surface area contributed by atoms with Gasteiger partial charge < -0.3 is 4.74 Å². The van der Waals surface area contributed by atoms with Gasteiger partial charge in [0.1, 0.15) is 16.6 Å². The number of Topliss-reactive ketones (excluding diaryl/α,β-unsaturated/α-hetero) is 1. The molecule has 0 aliphatic heterocycles. The molecule has 0 bridgehead atoms. The van der Waals surface area contributed by atoms with Gasteiger partial charge in [-0.1, -0.05) is 23.9 Å². The third-order valence-electron chi connectivity index (χ3n) is 3.96. The average Bonchev–Trinajstić information content (AvgIpc) is 3.08. The zero-order valence-electron chi connectivity index (χ0n) is 17.2. The molecule has 0 aliphatic rings. The van der Waals surface area contributed by atoms with Gasteiger partial charge in [0.2, 0.25) is 5.88 Å². The Morgan fingerprint density at radius 3 is 2.69 bits per heavy atom. The second-order valence-corrected chi connectivity index (χ2v) is 10.4. The highest BCUT2D eigenvalue weighted by atomic mass is 32.2. The van der Waals surface area contributed by atoms with Crippen molar-refractivity contribution in [3.8, 4) is 5.88 Å². The first-order chi connectivity index (χ1) is 15.1. The van der Waals surface area contributed by atoms with Gasteiger partial charge in [-0.2, -0.15) is 4.98 Å². The minimum absolute atomic E-state index is 0.0192. The summed E-state index contributed by atoms with van der Waals surface area (Å²) in [4.78, 5) is 23.7. The van der Waals surface area contributed by atoms with E-state index < -0.39 is 21.7 Å². The van der Waals surface area contributed by atoms with E-state index in [2.05, 4.69) is 19.7 Å². The highest BCUT2D eigenvalue weighted by molar-refractivity contribution is 7.98. The summed E-state index contributed by atoms with van der Waals surface area (Å²) in [6.07, 6.45) is 0.0415. The van der Waals surface area contributed by atoms with E-state index in [0.717, 1.165) is 29.2 Å². The van der Waals surface area contributed by atoms with Gasteiger partial charge in [-0.05, 0) is 19.9 Å². The van der Waals surface area contributed by atoms with Crippen LogP contribution in [0.3, 0.4) is 0 Å². The Labute approximate surface area is 191 Å². The molecular weight excluding hydrogens is 482 g/mol. The maximum absolute atomic E-state index is 13.9. The first-order valence-electron chi connectivity index (χ1n) is 9.06. The van der Waals surface area contributed by atoms with Crippen molar-refractivity contribution in [2.75, 3.05) is 11.8 Å². The van der Waals surface area contributed by atoms with Gasteiger partial charge >= 0.3 is 0 Å². The number of rotatable bonds is 9. The number of hydrogen-bond donors (Lipinski definition) is 1. The fraction of sp³-hybridized carbons (Fsp3) is 0.263. The van der Waals surface area contributed by atoms with Gasteiger partial charge in [-0.25, -0.2) is 27.2 Å². The van der Waals surface area contributed by atoms with E-state index in [1.54, 1.807) is 0 Å². The number of aryl methyl sites for hydroxylation is 1. The Kier molecular flexibility index (Phi) is 7.41. The predicted molar refractivity (Wildman–Crippen MR) is 117 cm³/mol. The number of thiazole rings is 1. The van der Waals surface area contributed by atoms with Gasteiger partial charge in [0.05, 0.1) is 19.2 Å². The molecule has 0 atom stereocenters. The van der Waals surface area contributed by atoms with E-state index in [1.165, 1.54) is 39.2 Å². The summed E-state index contributed by atoms with van der Waals surface area (Å²) < 4.78 is 60.4. The van der Waals surface area contributed by atoms with Gasteiger partial charge in [0, 0.05) is 17.4 Å². The molecule has 0 amide bonds. The summed E-state index contributed by atoms with van der Waals surface area (Å²) in [6, 6.07) is 5.12. The van der Waals surface area contributed by atoms with Gasteiger partial charge in [0.15, 0.2) is 21.0 Å². The lowest BCUT2D eigenvalue weighted by Gasteiger charge is -2.10. The van der Waals surface area contributed by atoms with E-state index >= 15 is 0 Å². The summed E-state index contributed by atoms with van der Waals surface area (Å²) in [5, 5.41) is 0.494. The topological polar surface area (TPSA) is 111 Å². The molecule has 2 aromatic heterocycles. The minimum atomic E-state index is -4.05. The fourth-order valence-electron chi connectivity index (χ4n) is 2.59. The van der Waals surface area contributed by atoms with Crippen LogP contribution in [-0.2, 0) is 27.0 Å². The molecule has 1 N–H and O–H groups in total. The first kappa shape index (κ1) is 24.0. The summed E-state index contributed by atoms with van der Waals surface area (Å²) in [7, 11) is -2.70. The summed E-state index contributed by atoms with van der Waals surface area (Å²) in [5.41, 5.74) is 0.373. The summed E-state index contributed by atoms with van der Waals surface area (Å²) in [5.74, 6) is -2.03. The van der Waals surface area contributed by atoms with Crippen molar-refractivity contribution in [3.05, 3.63) is 52.2 Å². The normalized spacial score (nSPS) is 11.4. The number of ether oxygens (including phenoxy) is 1. The van der Waals surface area contributed by atoms with Crippen molar-refractivity contribution in [1.82, 2.24) is 15.0 Å². The smallest absolute Gasteiger partial charge is 0.274 e. The number of methoxy groups -OCH3 is 1. The maximum Gasteiger partial charge on any atom is 0.274 e. The Bertz CT molecular complexity index is 1270. The third-order valence-corrected chi connectivity index (χ3v) is 7.98. The number of benzene rings is 1. The lowest BCUT2D eigenvalue weighted by Crippen LogP contribution is -2.14. The van der Waals surface area contributed by atoms with Gasteiger partial charge in [0.25, 0.3) is 10.0 Å². The molecule has 3 rings (SSSR count). The highest BCUT2D eigenvalue weighted by Gasteiger charge is 2.24. The van der Waals surface area contributed by atoms with Crippen LogP contribution in [0.1, 0.15) is 23.2 Å². The molecule has 13 heteroatoms. The first-order valence-corrected chi connectivity index (χ1v) is 12.3. The quantitative estimate of drug-likeness (QED) is 0.349.